The molecule has 0 aliphatic heterocycles. The van der Waals surface area contributed by atoms with Crippen LogP contribution >= 0.6 is 22.7 Å². The van der Waals surface area contributed by atoms with Gasteiger partial charge in [0.2, 0.25) is 0 Å². The number of carbonyl (C=O) groups is 2. The molecule has 1 atom stereocenters. The Morgan fingerprint density at radius 3 is 2.30 bits per heavy atom. The number of thiophene rings is 2. The van der Waals surface area contributed by atoms with E-state index in [9.17, 15) is 9.59 Å². The molecule has 0 saturated carbocycles. The lowest BCUT2D eigenvalue weighted by atomic mass is 10.0. The number of nitrogens with one attached hydrogen (secondary N) is 2. The zero-order valence-corrected chi connectivity index (χ0v) is 17.9. The molecule has 6 heteroatoms. The molecule has 4 aromatic rings. The van der Waals surface area contributed by atoms with Crippen LogP contribution in [-0.4, -0.2) is 11.8 Å². The van der Waals surface area contributed by atoms with Crippen LogP contribution in [0.5, 0.6) is 0 Å². The fourth-order valence-corrected chi connectivity index (χ4v) is 4.51. The Morgan fingerprint density at radius 1 is 0.833 bits per heavy atom. The van der Waals surface area contributed by atoms with Gasteiger partial charge in [-0.05, 0) is 53.6 Å². The minimum absolute atomic E-state index is 0.182. The highest BCUT2D eigenvalue weighted by Crippen LogP contribution is 2.27. The van der Waals surface area contributed by atoms with E-state index in [1.165, 1.54) is 16.9 Å². The fourth-order valence-electron chi connectivity index (χ4n) is 3.09. The van der Waals surface area contributed by atoms with Crippen LogP contribution in [0.3, 0.4) is 0 Å². The van der Waals surface area contributed by atoms with E-state index in [0.717, 1.165) is 10.4 Å². The van der Waals surface area contributed by atoms with E-state index in [0.29, 0.717) is 16.1 Å². The number of rotatable bonds is 6. The van der Waals surface area contributed by atoms with Crippen LogP contribution in [0.4, 0.5) is 5.69 Å². The molecule has 2 amide bonds. The molecule has 2 N–H and O–H groups in total. The normalized spacial score (nSPS) is 11.6. The van der Waals surface area contributed by atoms with Crippen LogP contribution in [0.15, 0.2) is 83.6 Å². The van der Waals surface area contributed by atoms with E-state index >= 15 is 0 Å². The summed E-state index contributed by atoms with van der Waals surface area (Å²) in [6.07, 6.45) is 0. The molecule has 2 heterocycles. The van der Waals surface area contributed by atoms with Crippen molar-refractivity contribution in [3.63, 3.8) is 0 Å². The first-order valence-corrected chi connectivity index (χ1v) is 11.2. The molecule has 150 valence electrons. The van der Waals surface area contributed by atoms with Gasteiger partial charge in [-0.1, -0.05) is 48.0 Å². The van der Waals surface area contributed by atoms with Crippen LogP contribution in [0.2, 0.25) is 0 Å². The Balaban J connectivity index is 1.54. The van der Waals surface area contributed by atoms with Gasteiger partial charge in [0.1, 0.15) is 0 Å². The van der Waals surface area contributed by atoms with Crippen molar-refractivity contribution in [2.24, 2.45) is 0 Å². The highest BCUT2D eigenvalue weighted by molar-refractivity contribution is 7.12. The zero-order valence-electron chi connectivity index (χ0n) is 16.3. The van der Waals surface area contributed by atoms with Gasteiger partial charge in [0.25, 0.3) is 11.8 Å². The van der Waals surface area contributed by atoms with Gasteiger partial charge in [-0.2, -0.15) is 0 Å². The summed E-state index contributed by atoms with van der Waals surface area (Å²) in [6, 6.07) is 22.5. The molecule has 4 rings (SSSR count). The maximum atomic E-state index is 13.0. The van der Waals surface area contributed by atoms with Crippen LogP contribution in [-0.2, 0) is 0 Å². The minimum Gasteiger partial charge on any atom is -0.340 e. The molecule has 4 nitrogen and oxygen atoms in total. The molecule has 0 aliphatic rings. The molecule has 0 fully saturated rings. The number of hydrogen-bond acceptors (Lipinski definition) is 4. The second kappa shape index (κ2) is 9.07. The third-order valence-corrected chi connectivity index (χ3v) is 6.45. The summed E-state index contributed by atoms with van der Waals surface area (Å²) in [4.78, 5) is 27.0. The van der Waals surface area contributed by atoms with Crippen LogP contribution in [0.25, 0.3) is 0 Å². The molecule has 1 unspecified atom stereocenters. The molecule has 0 saturated heterocycles. The topological polar surface area (TPSA) is 58.2 Å². The molecule has 2 aromatic carbocycles. The lowest BCUT2D eigenvalue weighted by molar-refractivity contribution is 0.0942. The van der Waals surface area contributed by atoms with E-state index in [4.69, 9.17) is 0 Å². The number of aryl methyl sites for hydroxylation is 1. The molecule has 0 spiro atoms. The predicted octanol–water partition coefficient (Wildman–Crippen LogP) is 5.89. The summed E-state index contributed by atoms with van der Waals surface area (Å²) < 4.78 is 0. The van der Waals surface area contributed by atoms with Gasteiger partial charge < -0.3 is 10.6 Å². The minimum atomic E-state index is -0.234. The smallest absolute Gasteiger partial charge is 0.265 e. The van der Waals surface area contributed by atoms with Gasteiger partial charge in [-0.3, -0.25) is 9.59 Å². The second-order valence-corrected chi connectivity index (χ2v) is 8.77. The van der Waals surface area contributed by atoms with Crippen LogP contribution in [0.1, 0.15) is 42.1 Å². The van der Waals surface area contributed by atoms with Gasteiger partial charge in [0, 0.05) is 16.1 Å². The Morgan fingerprint density at radius 2 is 1.60 bits per heavy atom. The summed E-state index contributed by atoms with van der Waals surface area (Å²) in [7, 11) is 0. The van der Waals surface area contributed by atoms with Crippen molar-refractivity contribution < 1.29 is 9.59 Å². The summed E-state index contributed by atoms with van der Waals surface area (Å²) in [6.45, 7) is 2.04. The Labute approximate surface area is 183 Å². The molecule has 0 aliphatic carbocycles. The van der Waals surface area contributed by atoms with Crippen LogP contribution < -0.4 is 10.6 Å². The predicted molar refractivity (Wildman–Crippen MR) is 124 cm³/mol. The van der Waals surface area contributed by atoms with Gasteiger partial charge in [-0.15, -0.1) is 22.7 Å². The maximum absolute atomic E-state index is 13.0. The average molecular weight is 433 g/mol. The van der Waals surface area contributed by atoms with Crippen LogP contribution in [0, 0.1) is 6.92 Å². The molecular weight excluding hydrogens is 412 g/mol. The zero-order chi connectivity index (χ0) is 20.9. The van der Waals surface area contributed by atoms with Crippen molar-refractivity contribution in [1.82, 2.24) is 5.32 Å². The Hall–Kier alpha value is -3.22. The van der Waals surface area contributed by atoms with E-state index in [-0.39, 0.29) is 17.9 Å². The summed E-state index contributed by atoms with van der Waals surface area (Å²) in [5.41, 5.74) is 3.28. The van der Waals surface area contributed by atoms with Crippen molar-refractivity contribution in [3.05, 3.63) is 110 Å². The Kier molecular flexibility index (Phi) is 6.07. The van der Waals surface area contributed by atoms with E-state index < -0.39 is 0 Å². The van der Waals surface area contributed by atoms with Gasteiger partial charge in [-0.25, -0.2) is 0 Å². The van der Waals surface area contributed by atoms with Gasteiger partial charge >= 0.3 is 0 Å². The standard InChI is InChI=1S/C24H20N2O2S2/c1-16-9-11-17(12-10-16)22(20-7-3-13-29-20)26-23(27)18-5-2-6-19(15-18)25-24(28)21-8-4-14-30-21/h2-15,22H,1H3,(H,25,28)(H,26,27). The molecule has 30 heavy (non-hydrogen) atoms. The first-order chi connectivity index (χ1) is 14.6. The maximum Gasteiger partial charge on any atom is 0.265 e. The highest BCUT2D eigenvalue weighted by atomic mass is 32.1. The third-order valence-electron chi connectivity index (χ3n) is 4.64. The van der Waals surface area contributed by atoms with E-state index in [1.54, 1.807) is 41.7 Å². The fraction of sp³-hybridized carbons (Fsp3) is 0.0833. The number of hydrogen-bond donors (Lipinski definition) is 2. The molecule has 0 bridgehead atoms. The summed E-state index contributed by atoms with van der Waals surface area (Å²) in [5.74, 6) is -0.375. The van der Waals surface area contributed by atoms with Crippen molar-refractivity contribution in [1.29, 1.82) is 0 Å². The van der Waals surface area contributed by atoms with Gasteiger partial charge in [0.05, 0.1) is 10.9 Å². The van der Waals surface area contributed by atoms with Gasteiger partial charge in [0.15, 0.2) is 0 Å². The quantitative estimate of drug-likeness (QED) is 0.399. The van der Waals surface area contributed by atoms with Crippen molar-refractivity contribution in [2.45, 2.75) is 13.0 Å². The van der Waals surface area contributed by atoms with Crippen molar-refractivity contribution in [2.75, 3.05) is 5.32 Å². The summed E-state index contributed by atoms with van der Waals surface area (Å²) in [5, 5.41) is 9.85. The first-order valence-electron chi connectivity index (χ1n) is 9.46. The first kappa shape index (κ1) is 20.1. The Bertz CT molecular complexity index is 1130. The molecular formula is C24H20N2O2S2. The monoisotopic (exact) mass is 432 g/mol. The van der Waals surface area contributed by atoms with E-state index in [2.05, 4.69) is 10.6 Å². The number of anilines is 1. The SMILES string of the molecule is Cc1ccc(C(NC(=O)c2cccc(NC(=O)c3cccs3)c2)c2cccs2)cc1. The average Bonchev–Trinajstić information content (AvgIpc) is 3.47. The van der Waals surface area contributed by atoms with E-state index in [1.807, 2.05) is 60.1 Å². The lowest BCUT2D eigenvalue weighted by Crippen LogP contribution is -2.29. The highest BCUT2D eigenvalue weighted by Gasteiger charge is 2.19. The number of carbonyl (C=O) groups excluding carboxylic acids is 2. The van der Waals surface area contributed by atoms with Crippen molar-refractivity contribution in [3.8, 4) is 0 Å². The lowest BCUT2D eigenvalue weighted by Gasteiger charge is -2.19. The largest absolute Gasteiger partial charge is 0.340 e. The molecule has 0 radical (unpaired) electrons. The third kappa shape index (κ3) is 4.67. The summed E-state index contributed by atoms with van der Waals surface area (Å²) >= 11 is 2.98. The number of amides is 2. The molecule has 2 aromatic heterocycles. The number of benzene rings is 2. The van der Waals surface area contributed by atoms with Crippen molar-refractivity contribution >= 4 is 40.2 Å². The second-order valence-electron chi connectivity index (χ2n) is 6.84.